The van der Waals surface area contributed by atoms with Gasteiger partial charge in [0.05, 0.1) is 6.61 Å². The van der Waals surface area contributed by atoms with Crippen molar-refractivity contribution in [1.29, 1.82) is 0 Å². The normalized spacial score (nSPS) is 10.1. The zero-order chi connectivity index (χ0) is 10.6. The summed E-state index contributed by atoms with van der Waals surface area (Å²) < 4.78 is 4.83. The van der Waals surface area contributed by atoms with Crippen molar-refractivity contribution < 1.29 is 9.53 Å². The lowest BCUT2D eigenvalue weighted by molar-refractivity contribution is -0.143. The predicted octanol–water partition coefficient (Wildman–Crippen LogP) is 3.52. The number of ether oxygens (including phenoxy) is 1. The van der Waals surface area contributed by atoms with E-state index >= 15 is 0 Å². The van der Waals surface area contributed by atoms with Gasteiger partial charge in [0.15, 0.2) is 0 Å². The van der Waals surface area contributed by atoms with E-state index in [1.54, 1.807) is 0 Å². The highest BCUT2D eigenvalue weighted by Gasteiger charge is 2.00. The lowest BCUT2D eigenvalue weighted by Gasteiger charge is -2.01. The third-order valence-corrected chi connectivity index (χ3v) is 2.34. The molecule has 2 nitrogen and oxygen atoms in total. The summed E-state index contributed by atoms with van der Waals surface area (Å²) in [4.78, 5) is 10.9. The number of carbonyl (C=O) groups is 1. The number of halogens is 1. The minimum Gasteiger partial charge on any atom is -0.466 e. The van der Waals surface area contributed by atoms with Crippen LogP contribution in [0.15, 0.2) is 0 Å². The van der Waals surface area contributed by atoms with Gasteiger partial charge in [-0.15, -0.1) is 11.6 Å². The van der Waals surface area contributed by atoms with Crippen molar-refractivity contribution in [2.24, 2.45) is 0 Å². The highest BCUT2D eigenvalue weighted by atomic mass is 35.5. The molecule has 0 radical (unpaired) electrons. The number of carbonyl (C=O) groups excluding carboxylic acids is 1. The zero-order valence-electron chi connectivity index (χ0n) is 9.06. The maximum Gasteiger partial charge on any atom is 0.305 e. The van der Waals surface area contributed by atoms with E-state index in [2.05, 4.69) is 0 Å². The first kappa shape index (κ1) is 13.8. The standard InChI is InChI=1S/C11H21ClO2/c1-2-14-11(13)9-7-5-3-4-6-8-10-12/h2-10H2,1H3. The molecule has 0 aliphatic carbocycles. The smallest absolute Gasteiger partial charge is 0.305 e. The Morgan fingerprint density at radius 2 is 1.64 bits per heavy atom. The van der Waals surface area contributed by atoms with E-state index in [1.807, 2.05) is 6.92 Å². The molecule has 0 atom stereocenters. The predicted molar refractivity (Wildman–Crippen MR) is 59.7 cm³/mol. The molecule has 84 valence electrons. The van der Waals surface area contributed by atoms with Gasteiger partial charge in [-0.2, -0.15) is 0 Å². The second-order valence-electron chi connectivity index (χ2n) is 3.37. The third kappa shape index (κ3) is 9.85. The minimum absolute atomic E-state index is 0.0618. The van der Waals surface area contributed by atoms with Crippen LogP contribution in [-0.4, -0.2) is 18.5 Å². The van der Waals surface area contributed by atoms with Crippen molar-refractivity contribution in [2.45, 2.75) is 51.9 Å². The molecule has 0 amide bonds. The molecular formula is C11H21ClO2. The molecule has 0 spiro atoms. The largest absolute Gasteiger partial charge is 0.466 e. The SMILES string of the molecule is CCOC(=O)CCCCCCCCCl. The number of esters is 1. The van der Waals surface area contributed by atoms with E-state index in [9.17, 15) is 4.79 Å². The van der Waals surface area contributed by atoms with Crippen molar-refractivity contribution >= 4 is 17.6 Å². The van der Waals surface area contributed by atoms with Gasteiger partial charge in [-0.1, -0.05) is 25.7 Å². The molecule has 0 saturated carbocycles. The van der Waals surface area contributed by atoms with Crippen molar-refractivity contribution in [3.8, 4) is 0 Å². The number of alkyl halides is 1. The van der Waals surface area contributed by atoms with Crippen molar-refractivity contribution in [2.75, 3.05) is 12.5 Å². The number of rotatable bonds is 9. The summed E-state index contributed by atoms with van der Waals surface area (Å²) in [6.45, 7) is 2.33. The van der Waals surface area contributed by atoms with E-state index in [-0.39, 0.29) is 5.97 Å². The summed E-state index contributed by atoms with van der Waals surface area (Å²) in [6, 6.07) is 0. The van der Waals surface area contributed by atoms with Gasteiger partial charge in [-0.05, 0) is 19.8 Å². The van der Waals surface area contributed by atoms with Crippen LogP contribution in [0, 0.1) is 0 Å². The average molecular weight is 221 g/mol. The average Bonchev–Trinajstić information content (AvgIpc) is 2.17. The fourth-order valence-electron chi connectivity index (χ4n) is 1.30. The molecule has 0 aliphatic rings. The maximum atomic E-state index is 10.9. The molecule has 0 saturated heterocycles. The van der Waals surface area contributed by atoms with E-state index in [4.69, 9.17) is 16.3 Å². The molecule has 0 rings (SSSR count). The minimum atomic E-state index is -0.0618. The topological polar surface area (TPSA) is 26.3 Å². The molecule has 0 aliphatic heterocycles. The first-order chi connectivity index (χ1) is 6.81. The summed E-state index contributed by atoms with van der Waals surface area (Å²) >= 11 is 5.56. The fourth-order valence-corrected chi connectivity index (χ4v) is 1.49. The van der Waals surface area contributed by atoms with Gasteiger partial charge in [0.2, 0.25) is 0 Å². The molecule has 0 aromatic rings. The van der Waals surface area contributed by atoms with Gasteiger partial charge in [-0.25, -0.2) is 0 Å². The Balaban J connectivity index is 3.01. The molecule has 0 heterocycles. The summed E-state index contributed by atoms with van der Waals surface area (Å²) in [5, 5.41) is 0. The summed E-state index contributed by atoms with van der Waals surface area (Å²) in [5.74, 6) is 0.705. The van der Waals surface area contributed by atoms with Crippen LogP contribution >= 0.6 is 11.6 Å². The Labute approximate surface area is 92.0 Å². The van der Waals surface area contributed by atoms with Crippen molar-refractivity contribution in [3.05, 3.63) is 0 Å². The van der Waals surface area contributed by atoms with Gasteiger partial charge in [0.1, 0.15) is 0 Å². The van der Waals surface area contributed by atoms with Crippen molar-refractivity contribution in [3.63, 3.8) is 0 Å². The molecule has 0 bridgehead atoms. The zero-order valence-corrected chi connectivity index (χ0v) is 9.81. The molecule has 0 aromatic carbocycles. The quantitative estimate of drug-likeness (QED) is 0.338. The van der Waals surface area contributed by atoms with Crippen LogP contribution in [-0.2, 0) is 9.53 Å². The summed E-state index contributed by atoms with van der Waals surface area (Å²) in [6.07, 6.45) is 7.42. The van der Waals surface area contributed by atoms with Crippen molar-refractivity contribution in [1.82, 2.24) is 0 Å². The van der Waals surface area contributed by atoms with E-state index < -0.39 is 0 Å². The van der Waals surface area contributed by atoms with Crippen LogP contribution in [0.2, 0.25) is 0 Å². The molecular weight excluding hydrogens is 200 g/mol. The molecule has 3 heteroatoms. The Morgan fingerprint density at radius 3 is 2.21 bits per heavy atom. The van der Waals surface area contributed by atoms with Crippen LogP contribution in [0.1, 0.15) is 51.9 Å². The molecule has 0 aromatic heterocycles. The van der Waals surface area contributed by atoms with Crippen LogP contribution in [0.25, 0.3) is 0 Å². The van der Waals surface area contributed by atoms with Gasteiger partial charge >= 0.3 is 5.97 Å². The monoisotopic (exact) mass is 220 g/mol. The van der Waals surface area contributed by atoms with Crippen LogP contribution < -0.4 is 0 Å². The van der Waals surface area contributed by atoms with Crippen LogP contribution in [0.4, 0.5) is 0 Å². The Hall–Kier alpha value is -0.240. The molecule has 0 N–H and O–H groups in total. The Kier molecular flexibility index (Phi) is 10.7. The van der Waals surface area contributed by atoms with E-state index in [0.29, 0.717) is 13.0 Å². The van der Waals surface area contributed by atoms with Gasteiger partial charge in [-0.3, -0.25) is 4.79 Å². The second-order valence-corrected chi connectivity index (χ2v) is 3.74. The van der Waals surface area contributed by atoms with E-state index in [0.717, 1.165) is 25.1 Å². The van der Waals surface area contributed by atoms with Gasteiger partial charge in [0, 0.05) is 12.3 Å². The molecule has 14 heavy (non-hydrogen) atoms. The number of unbranched alkanes of at least 4 members (excludes halogenated alkanes) is 5. The summed E-state index contributed by atoms with van der Waals surface area (Å²) in [5.41, 5.74) is 0. The van der Waals surface area contributed by atoms with Gasteiger partial charge in [0.25, 0.3) is 0 Å². The Morgan fingerprint density at radius 1 is 1.07 bits per heavy atom. The highest BCUT2D eigenvalue weighted by molar-refractivity contribution is 6.17. The second kappa shape index (κ2) is 10.8. The van der Waals surface area contributed by atoms with Gasteiger partial charge < -0.3 is 4.74 Å². The number of hydrogen-bond donors (Lipinski definition) is 0. The van der Waals surface area contributed by atoms with Crippen LogP contribution in [0.3, 0.4) is 0 Å². The third-order valence-electron chi connectivity index (χ3n) is 2.07. The Bertz CT molecular complexity index is 137. The lowest BCUT2D eigenvalue weighted by Crippen LogP contribution is -2.03. The fraction of sp³-hybridized carbons (Fsp3) is 0.909. The number of hydrogen-bond acceptors (Lipinski definition) is 2. The van der Waals surface area contributed by atoms with Crippen LogP contribution in [0.5, 0.6) is 0 Å². The maximum absolute atomic E-state index is 10.9. The molecule has 0 unspecified atom stereocenters. The molecule has 0 fully saturated rings. The lowest BCUT2D eigenvalue weighted by atomic mass is 10.1. The summed E-state index contributed by atoms with van der Waals surface area (Å²) in [7, 11) is 0. The van der Waals surface area contributed by atoms with E-state index in [1.165, 1.54) is 19.3 Å². The highest BCUT2D eigenvalue weighted by Crippen LogP contribution is 2.08. The first-order valence-electron chi connectivity index (χ1n) is 5.52. The first-order valence-corrected chi connectivity index (χ1v) is 6.06.